The second-order valence-corrected chi connectivity index (χ2v) is 12.2. The second-order valence-electron chi connectivity index (χ2n) is 12.2. The van der Waals surface area contributed by atoms with Crippen LogP contribution >= 0.6 is 0 Å². The summed E-state index contributed by atoms with van der Waals surface area (Å²) in [4.78, 5) is 65.9. The number of para-hydroxylation sites is 1. The molecule has 230 valence electrons. The Balaban J connectivity index is 1.54. The number of alkyl halides is 3. The Hall–Kier alpha value is -3.64. The van der Waals surface area contributed by atoms with E-state index in [0.717, 1.165) is 0 Å². The van der Waals surface area contributed by atoms with Crippen LogP contribution in [0, 0.1) is 29.1 Å². The van der Waals surface area contributed by atoms with Gasteiger partial charge in [0.05, 0.1) is 6.04 Å². The van der Waals surface area contributed by atoms with E-state index in [2.05, 4.69) is 10.6 Å². The third kappa shape index (κ3) is 6.54. The highest BCUT2D eigenvalue weighted by molar-refractivity contribution is 5.97. The van der Waals surface area contributed by atoms with Crippen LogP contribution in [0.25, 0.3) is 0 Å². The topological polar surface area (TPSA) is 134 Å². The second kappa shape index (κ2) is 11.9. The molecule has 1 aromatic carbocycles. The largest absolute Gasteiger partial charge is 0.486 e. The molecule has 3 fully saturated rings. The molecule has 10 nitrogen and oxygen atoms in total. The van der Waals surface area contributed by atoms with E-state index in [1.807, 2.05) is 13.8 Å². The number of ether oxygens (including phenoxy) is 1. The summed E-state index contributed by atoms with van der Waals surface area (Å²) >= 11 is 0. The predicted octanol–water partition coefficient (Wildman–Crippen LogP) is 1.83. The van der Waals surface area contributed by atoms with Gasteiger partial charge in [-0.1, -0.05) is 45.9 Å². The summed E-state index contributed by atoms with van der Waals surface area (Å²) in [6.07, 6.45) is -4.66. The van der Waals surface area contributed by atoms with Gasteiger partial charge in [-0.2, -0.15) is 13.2 Å². The van der Waals surface area contributed by atoms with E-state index in [1.165, 1.54) is 18.7 Å². The molecule has 6 atom stereocenters. The number of piperidine rings is 1. The number of nitrogens with one attached hydrogen (secondary N) is 3. The van der Waals surface area contributed by atoms with Gasteiger partial charge in [-0.25, -0.2) is 0 Å². The first kappa shape index (κ1) is 31.3. The summed E-state index contributed by atoms with van der Waals surface area (Å²) < 4.78 is 44.6. The quantitative estimate of drug-likeness (QED) is 0.358. The molecule has 0 radical (unpaired) electrons. The Labute approximate surface area is 242 Å². The third-order valence-electron chi connectivity index (χ3n) is 8.75. The number of rotatable bonds is 11. The van der Waals surface area contributed by atoms with Crippen molar-refractivity contribution in [1.82, 2.24) is 20.9 Å². The zero-order valence-corrected chi connectivity index (χ0v) is 24.0. The molecule has 0 aromatic heterocycles. The number of hydrogen-bond donors (Lipinski definition) is 3. The van der Waals surface area contributed by atoms with Gasteiger partial charge in [0.2, 0.25) is 17.7 Å². The molecular weight excluding hydrogens is 557 g/mol. The number of Topliss-reactive ketones (excluding diaryl/α,β-unsaturated/α-hetero) is 1. The summed E-state index contributed by atoms with van der Waals surface area (Å²) in [6, 6.07) is 4.94. The molecule has 3 N–H and O–H groups in total. The van der Waals surface area contributed by atoms with Gasteiger partial charge in [0.25, 0.3) is 0 Å². The van der Waals surface area contributed by atoms with Crippen molar-refractivity contribution in [2.24, 2.45) is 29.1 Å². The molecule has 2 saturated heterocycles. The molecule has 0 bridgehead atoms. The van der Waals surface area contributed by atoms with E-state index in [9.17, 15) is 37.1 Å². The average molecular weight is 595 g/mol. The number of benzene rings is 1. The van der Waals surface area contributed by atoms with Crippen molar-refractivity contribution >= 4 is 29.4 Å². The van der Waals surface area contributed by atoms with Gasteiger partial charge in [0.15, 0.2) is 5.78 Å². The fourth-order valence-corrected chi connectivity index (χ4v) is 6.18. The maximum atomic E-state index is 13.8. The summed E-state index contributed by atoms with van der Waals surface area (Å²) in [7, 11) is 0. The SMILES string of the molecule is CC(C)[C@H](NC(=O)C(F)(F)F)C(=O)N1C[C@H]2[C@@H]([C@H]1C(=O)N[C@@H](C[C@@H]1CCNC1=O)C(=O)COc1ccccc1)C2(C)C. The molecule has 4 rings (SSSR count). The zero-order valence-electron chi connectivity index (χ0n) is 24.0. The van der Waals surface area contributed by atoms with Crippen molar-refractivity contribution in [3.8, 4) is 5.75 Å². The average Bonchev–Trinajstić information content (AvgIpc) is 3.27. The lowest BCUT2D eigenvalue weighted by Gasteiger charge is -2.35. The minimum Gasteiger partial charge on any atom is -0.486 e. The fourth-order valence-electron chi connectivity index (χ4n) is 6.18. The minimum absolute atomic E-state index is 0.0307. The van der Waals surface area contributed by atoms with Crippen LogP contribution in [0.2, 0.25) is 0 Å². The Morgan fingerprint density at radius 2 is 1.79 bits per heavy atom. The maximum Gasteiger partial charge on any atom is 0.471 e. The van der Waals surface area contributed by atoms with Gasteiger partial charge in [0, 0.05) is 19.0 Å². The van der Waals surface area contributed by atoms with Crippen molar-refractivity contribution in [3.63, 3.8) is 0 Å². The first-order valence-corrected chi connectivity index (χ1v) is 14.1. The highest BCUT2D eigenvalue weighted by Crippen LogP contribution is 2.65. The number of hydrogen-bond acceptors (Lipinski definition) is 6. The number of carbonyl (C=O) groups excluding carboxylic acids is 5. The molecule has 2 heterocycles. The molecule has 1 saturated carbocycles. The Kier molecular flexibility index (Phi) is 8.89. The van der Waals surface area contributed by atoms with E-state index in [4.69, 9.17) is 4.74 Å². The van der Waals surface area contributed by atoms with Crippen LogP contribution in [0.1, 0.15) is 40.5 Å². The minimum atomic E-state index is -5.18. The zero-order chi connectivity index (χ0) is 31.0. The summed E-state index contributed by atoms with van der Waals surface area (Å²) in [5, 5.41) is 7.25. The van der Waals surface area contributed by atoms with Crippen LogP contribution in [-0.4, -0.2) is 78.3 Å². The molecular formula is C29H37F3N4O6. The van der Waals surface area contributed by atoms with Crippen LogP contribution in [0.5, 0.6) is 5.75 Å². The van der Waals surface area contributed by atoms with Crippen molar-refractivity contribution in [1.29, 1.82) is 0 Å². The van der Waals surface area contributed by atoms with Crippen LogP contribution in [0.4, 0.5) is 13.2 Å². The summed E-state index contributed by atoms with van der Waals surface area (Å²) in [5.41, 5.74) is -0.317. The molecule has 1 aromatic rings. The van der Waals surface area contributed by atoms with E-state index < -0.39 is 59.6 Å². The normalized spacial score (nSPS) is 25.7. The molecule has 13 heteroatoms. The molecule has 3 aliphatic rings. The summed E-state index contributed by atoms with van der Waals surface area (Å²) in [5.74, 6) is -5.49. The highest BCUT2D eigenvalue weighted by atomic mass is 19.4. The Bertz CT molecular complexity index is 1220. The first-order chi connectivity index (χ1) is 19.6. The molecule has 0 spiro atoms. The number of likely N-dealkylation sites (tertiary alicyclic amines) is 1. The van der Waals surface area contributed by atoms with Crippen molar-refractivity contribution in [2.75, 3.05) is 19.7 Å². The lowest BCUT2D eigenvalue weighted by Crippen LogP contribution is -2.59. The molecule has 2 aliphatic heterocycles. The lowest BCUT2D eigenvalue weighted by atomic mass is 9.94. The number of amides is 4. The van der Waals surface area contributed by atoms with E-state index in [1.54, 1.807) is 35.6 Å². The molecule has 1 aliphatic carbocycles. The predicted molar refractivity (Wildman–Crippen MR) is 144 cm³/mol. The van der Waals surface area contributed by atoms with E-state index in [-0.39, 0.29) is 42.7 Å². The number of ketones is 1. The Morgan fingerprint density at radius 3 is 2.36 bits per heavy atom. The number of fused-ring (bicyclic) bond motifs is 1. The monoisotopic (exact) mass is 594 g/mol. The van der Waals surface area contributed by atoms with Gasteiger partial charge in [-0.15, -0.1) is 0 Å². The van der Waals surface area contributed by atoms with E-state index in [0.29, 0.717) is 18.7 Å². The molecule has 42 heavy (non-hydrogen) atoms. The maximum absolute atomic E-state index is 13.8. The van der Waals surface area contributed by atoms with Gasteiger partial charge >= 0.3 is 12.1 Å². The number of carbonyl (C=O) groups is 5. The van der Waals surface area contributed by atoms with Gasteiger partial charge in [-0.3, -0.25) is 24.0 Å². The van der Waals surface area contributed by atoms with Crippen molar-refractivity contribution < 1.29 is 41.9 Å². The molecule has 4 amide bonds. The highest BCUT2D eigenvalue weighted by Gasteiger charge is 2.69. The number of halogens is 3. The Morgan fingerprint density at radius 1 is 1.12 bits per heavy atom. The summed E-state index contributed by atoms with van der Waals surface area (Å²) in [6.45, 7) is 7.09. The standard InChI is InChI=1S/C29H37F3N4O6/c1-15(2)22(35-27(41)29(30,31)32)26(40)36-13-18-21(28(18,3)4)23(36)25(39)34-19(12-16-10-11-33-24(16)38)20(37)14-42-17-8-6-5-7-9-17/h5-9,15-16,18-19,21-23H,10-14H2,1-4H3,(H,33,38)(H,34,39)(H,35,41)/t16-,18-,19-,21-,22-,23-/m0/s1. The van der Waals surface area contributed by atoms with Gasteiger partial charge in [0.1, 0.15) is 24.4 Å². The van der Waals surface area contributed by atoms with Crippen molar-refractivity contribution in [3.05, 3.63) is 30.3 Å². The third-order valence-corrected chi connectivity index (χ3v) is 8.75. The van der Waals surface area contributed by atoms with Crippen LogP contribution in [-0.2, 0) is 24.0 Å². The van der Waals surface area contributed by atoms with Crippen molar-refractivity contribution in [2.45, 2.75) is 64.8 Å². The van der Waals surface area contributed by atoms with Crippen LogP contribution in [0.15, 0.2) is 30.3 Å². The fraction of sp³-hybridized carbons (Fsp3) is 0.621. The van der Waals surface area contributed by atoms with Gasteiger partial charge < -0.3 is 25.6 Å². The van der Waals surface area contributed by atoms with Crippen LogP contribution in [0.3, 0.4) is 0 Å². The molecule has 0 unspecified atom stereocenters. The first-order valence-electron chi connectivity index (χ1n) is 14.1. The van der Waals surface area contributed by atoms with E-state index >= 15 is 0 Å². The lowest BCUT2D eigenvalue weighted by molar-refractivity contribution is -0.175. The van der Waals surface area contributed by atoms with Crippen LogP contribution < -0.4 is 20.7 Å². The smallest absolute Gasteiger partial charge is 0.471 e. The van der Waals surface area contributed by atoms with Gasteiger partial charge in [-0.05, 0) is 48.1 Å². The number of nitrogens with zero attached hydrogens (tertiary/aromatic N) is 1.